The van der Waals surface area contributed by atoms with E-state index in [0.29, 0.717) is 28.3 Å². The number of carbonyl (C=O) groups is 1. The molecule has 1 heterocycles. The summed E-state index contributed by atoms with van der Waals surface area (Å²) >= 11 is 0. The molecule has 168 valence electrons. The smallest absolute Gasteiger partial charge is 0.300 e. The number of hydrogen-bond acceptors (Lipinski definition) is 3. The largest absolute Gasteiger partial charge is 0.456 e. The summed E-state index contributed by atoms with van der Waals surface area (Å²) in [5.74, 6) is 2.28. The van der Waals surface area contributed by atoms with E-state index in [1.807, 2.05) is 6.20 Å². The van der Waals surface area contributed by atoms with Crippen molar-refractivity contribution < 1.29 is 13.9 Å². The van der Waals surface area contributed by atoms with Gasteiger partial charge in [0.05, 0.1) is 0 Å². The van der Waals surface area contributed by atoms with E-state index in [9.17, 15) is 14.0 Å². The molecule has 0 saturated heterocycles. The molecule has 0 bridgehead atoms. The molecule has 0 saturated carbocycles. The molecule has 0 aliphatic heterocycles. The van der Waals surface area contributed by atoms with Crippen LogP contribution in [0.25, 0.3) is 11.1 Å². The number of fused-ring (bicyclic) bond motifs is 1. The lowest BCUT2D eigenvalue weighted by Crippen LogP contribution is -2.25. The Hall–Kier alpha value is -3.85. The van der Waals surface area contributed by atoms with Gasteiger partial charge >= 0.3 is 0 Å². The average molecular weight is 445 g/mol. The van der Waals surface area contributed by atoms with Crippen molar-refractivity contribution in [2.45, 2.75) is 39.5 Å². The number of nitrogens with one attached hydrogen (secondary N) is 1. The molecule has 5 nitrogen and oxygen atoms in total. The van der Waals surface area contributed by atoms with Gasteiger partial charge in [0.1, 0.15) is 17.3 Å². The Kier molecular flexibility index (Phi) is 6.06. The van der Waals surface area contributed by atoms with Gasteiger partial charge in [-0.1, -0.05) is 0 Å². The number of carbonyl (C=O) groups excluding carboxylic acids is 1. The highest BCUT2D eigenvalue weighted by Gasteiger charge is 2.22. The minimum Gasteiger partial charge on any atom is -0.456 e. The highest BCUT2D eigenvalue weighted by atomic mass is 19.1. The van der Waals surface area contributed by atoms with Crippen molar-refractivity contribution in [2.75, 3.05) is 5.32 Å². The third-order valence-corrected chi connectivity index (χ3v) is 5.99. The lowest BCUT2D eigenvalue weighted by atomic mass is 9.87. The summed E-state index contributed by atoms with van der Waals surface area (Å²) in [5, 5.41) is 2.68. The molecule has 1 aliphatic rings. The zero-order valence-corrected chi connectivity index (χ0v) is 18.9. The molecule has 1 aliphatic carbocycles. The molecule has 0 spiro atoms. The SMILES string of the molecule is C#CC(=O)Nc1ccc(Oc2c(C)cc(F)cc2C)c(-c2cn(C)c(=O)c3c2CCCC3)c1. The maximum Gasteiger partial charge on any atom is 0.300 e. The number of amides is 1. The van der Waals surface area contributed by atoms with E-state index in [-0.39, 0.29) is 11.4 Å². The summed E-state index contributed by atoms with van der Waals surface area (Å²) in [7, 11) is 1.74. The maximum absolute atomic E-state index is 13.8. The van der Waals surface area contributed by atoms with Crippen LogP contribution in [-0.2, 0) is 24.7 Å². The van der Waals surface area contributed by atoms with Crippen LogP contribution >= 0.6 is 0 Å². The van der Waals surface area contributed by atoms with Crippen LogP contribution in [0.15, 0.2) is 41.3 Å². The topological polar surface area (TPSA) is 60.3 Å². The predicted octanol–water partition coefficient (Wildman–Crippen LogP) is 5.05. The van der Waals surface area contributed by atoms with Crippen LogP contribution in [0.5, 0.6) is 11.5 Å². The highest BCUT2D eigenvalue weighted by molar-refractivity contribution is 6.04. The van der Waals surface area contributed by atoms with E-state index in [4.69, 9.17) is 11.2 Å². The van der Waals surface area contributed by atoms with Crippen molar-refractivity contribution in [3.05, 3.63) is 75.0 Å². The third kappa shape index (κ3) is 4.40. The first-order valence-corrected chi connectivity index (χ1v) is 10.9. The quantitative estimate of drug-likeness (QED) is 0.573. The maximum atomic E-state index is 13.8. The molecule has 3 aromatic rings. The second-order valence-corrected chi connectivity index (χ2v) is 8.40. The average Bonchev–Trinajstić information content (AvgIpc) is 2.79. The number of ether oxygens (including phenoxy) is 1. The molecule has 4 rings (SSSR count). The van der Waals surface area contributed by atoms with Gasteiger partial charge < -0.3 is 14.6 Å². The van der Waals surface area contributed by atoms with Gasteiger partial charge in [-0.05, 0) is 92.5 Å². The van der Waals surface area contributed by atoms with Gasteiger partial charge in [0.25, 0.3) is 11.5 Å². The van der Waals surface area contributed by atoms with E-state index in [1.165, 1.54) is 12.1 Å². The zero-order chi connectivity index (χ0) is 23.7. The van der Waals surface area contributed by atoms with E-state index in [0.717, 1.165) is 47.9 Å². The minimum atomic E-state index is -0.553. The van der Waals surface area contributed by atoms with Gasteiger partial charge in [-0.25, -0.2) is 4.39 Å². The first-order chi connectivity index (χ1) is 15.8. The summed E-state index contributed by atoms with van der Waals surface area (Å²) in [6.45, 7) is 3.58. The molecule has 0 unspecified atom stereocenters. The second-order valence-electron chi connectivity index (χ2n) is 8.40. The van der Waals surface area contributed by atoms with E-state index >= 15 is 0 Å². The van der Waals surface area contributed by atoms with Crippen LogP contribution in [-0.4, -0.2) is 10.5 Å². The van der Waals surface area contributed by atoms with Crippen molar-refractivity contribution in [2.24, 2.45) is 7.05 Å². The van der Waals surface area contributed by atoms with Crippen LogP contribution in [0, 0.1) is 32.0 Å². The van der Waals surface area contributed by atoms with Crippen molar-refractivity contribution in [1.29, 1.82) is 0 Å². The van der Waals surface area contributed by atoms with Crippen molar-refractivity contribution in [3.8, 4) is 35.0 Å². The van der Waals surface area contributed by atoms with Gasteiger partial charge in [0.15, 0.2) is 0 Å². The van der Waals surface area contributed by atoms with Gasteiger partial charge in [-0.2, -0.15) is 0 Å². The normalized spacial score (nSPS) is 12.6. The van der Waals surface area contributed by atoms with Gasteiger partial charge in [-0.15, -0.1) is 6.42 Å². The molecule has 0 radical (unpaired) electrons. The van der Waals surface area contributed by atoms with Gasteiger partial charge in [0, 0.05) is 35.6 Å². The van der Waals surface area contributed by atoms with Crippen LogP contribution in [0.1, 0.15) is 35.1 Å². The fourth-order valence-electron chi connectivity index (χ4n) is 4.46. The van der Waals surface area contributed by atoms with Crippen molar-refractivity contribution >= 4 is 11.6 Å². The number of aryl methyl sites for hydroxylation is 3. The first kappa shape index (κ1) is 22.3. The molecule has 1 aromatic heterocycles. The molecular weight excluding hydrogens is 419 g/mol. The summed E-state index contributed by atoms with van der Waals surface area (Å²) in [6, 6.07) is 8.11. The van der Waals surface area contributed by atoms with Gasteiger partial charge in [0.2, 0.25) is 0 Å². The Bertz CT molecular complexity index is 1340. The summed E-state index contributed by atoms with van der Waals surface area (Å²) in [6.07, 6.45) is 10.5. The van der Waals surface area contributed by atoms with Crippen LogP contribution < -0.4 is 15.6 Å². The minimum absolute atomic E-state index is 0.0120. The molecule has 1 N–H and O–H groups in total. The molecular formula is C27H25FN2O3. The number of benzene rings is 2. The van der Waals surface area contributed by atoms with E-state index < -0.39 is 5.91 Å². The standard InChI is InChI=1S/C27H25FN2O3/c1-5-25(31)29-19-10-11-24(33-26-16(2)12-18(28)13-17(26)3)22(14-19)23-15-30(4)27(32)21-9-7-6-8-20(21)23/h1,10-15H,6-9H2,2-4H3,(H,29,31). The predicted molar refractivity (Wildman–Crippen MR) is 127 cm³/mol. The third-order valence-electron chi connectivity index (χ3n) is 5.99. The summed E-state index contributed by atoms with van der Waals surface area (Å²) in [4.78, 5) is 24.6. The summed E-state index contributed by atoms with van der Waals surface area (Å²) in [5.41, 5.74) is 5.29. The number of halogens is 1. The first-order valence-electron chi connectivity index (χ1n) is 10.9. The van der Waals surface area contributed by atoms with E-state index in [2.05, 4.69) is 11.2 Å². The Morgan fingerprint density at radius 1 is 1.09 bits per heavy atom. The Morgan fingerprint density at radius 3 is 2.42 bits per heavy atom. The Labute approximate surface area is 192 Å². The molecule has 6 heteroatoms. The molecule has 33 heavy (non-hydrogen) atoms. The van der Waals surface area contributed by atoms with Gasteiger partial charge in [-0.3, -0.25) is 9.59 Å². The zero-order valence-electron chi connectivity index (χ0n) is 18.9. The fourth-order valence-corrected chi connectivity index (χ4v) is 4.46. The molecule has 0 atom stereocenters. The molecule has 0 fully saturated rings. The monoisotopic (exact) mass is 444 g/mol. The van der Waals surface area contributed by atoms with Crippen molar-refractivity contribution in [1.82, 2.24) is 4.57 Å². The van der Waals surface area contributed by atoms with Crippen LogP contribution in [0.2, 0.25) is 0 Å². The van der Waals surface area contributed by atoms with Crippen LogP contribution in [0.3, 0.4) is 0 Å². The Balaban J connectivity index is 1.92. The number of rotatable bonds is 4. The number of hydrogen-bond donors (Lipinski definition) is 1. The number of aromatic nitrogens is 1. The molecule has 1 amide bonds. The lowest BCUT2D eigenvalue weighted by molar-refractivity contribution is -0.111. The number of nitrogens with zero attached hydrogens (tertiary/aromatic N) is 1. The molecule has 2 aromatic carbocycles. The summed E-state index contributed by atoms with van der Waals surface area (Å²) < 4.78 is 21.7. The van der Waals surface area contributed by atoms with E-state index in [1.54, 1.807) is 43.7 Å². The fraction of sp³-hybridized carbons (Fsp3) is 0.259. The number of anilines is 1. The van der Waals surface area contributed by atoms with Crippen LogP contribution in [0.4, 0.5) is 10.1 Å². The van der Waals surface area contributed by atoms with Crippen molar-refractivity contribution in [3.63, 3.8) is 0 Å². The lowest BCUT2D eigenvalue weighted by Gasteiger charge is -2.23. The number of pyridine rings is 1. The number of terminal acetylenes is 1. The second kappa shape index (κ2) is 8.95. The highest BCUT2D eigenvalue weighted by Crippen LogP contribution is 2.40. The Morgan fingerprint density at radius 2 is 1.76 bits per heavy atom.